The molecule has 0 spiro atoms. The Kier molecular flexibility index (Phi) is 8.91. The van der Waals surface area contributed by atoms with Crippen LogP contribution < -0.4 is 15.8 Å². The van der Waals surface area contributed by atoms with E-state index in [1.165, 1.54) is 0 Å². The zero-order valence-electron chi connectivity index (χ0n) is 16.4. The van der Waals surface area contributed by atoms with Crippen molar-refractivity contribution in [2.24, 2.45) is 16.6 Å². The molecule has 0 saturated carbocycles. The Labute approximate surface area is 161 Å². The normalized spacial score (nSPS) is 17.6. The lowest BCUT2D eigenvalue weighted by molar-refractivity contribution is -0.119. The highest BCUT2D eigenvalue weighted by Crippen LogP contribution is 2.20. The molecule has 1 amide bonds. The number of amides is 1. The van der Waals surface area contributed by atoms with Gasteiger partial charge in [-0.2, -0.15) is 0 Å². The molecule has 1 aliphatic heterocycles. The fourth-order valence-corrected chi connectivity index (χ4v) is 3.23. The molecule has 3 N–H and O–H groups in total. The maximum atomic E-state index is 11.2. The number of hydrogen-bond donors (Lipinski definition) is 2. The van der Waals surface area contributed by atoms with E-state index < -0.39 is 0 Å². The molecule has 7 heteroatoms. The van der Waals surface area contributed by atoms with E-state index in [0.29, 0.717) is 32.1 Å². The molecule has 2 rings (SSSR count). The lowest BCUT2D eigenvalue weighted by Gasteiger charge is -2.34. The molecule has 150 valence electrons. The Balaban J connectivity index is 1.95. The third kappa shape index (κ3) is 7.46. The maximum absolute atomic E-state index is 11.2. The van der Waals surface area contributed by atoms with Crippen LogP contribution in [0.2, 0.25) is 0 Å². The van der Waals surface area contributed by atoms with Crippen molar-refractivity contribution < 1.29 is 14.3 Å². The molecule has 0 aliphatic carbocycles. The van der Waals surface area contributed by atoms with Gasteiger partial charge in [0.1, 0.15) is 12.4 Å². The quantitative estimate of drug-likeness (QED) is 0.389. The minimum atomic E-state index is -0.225. The van der Waals surface area contributed by atoms with E-state index in [1.54, 1.807) is 7.11 Å². The number of nitrogens with two attached hydrogens (primary N) is 1. The molecular weight excluding hydrogens is 344 g/mol. The van der Waals surface area contributed by atoms with Crippen molar-refractivity contribution in [1.29, 1.82) is 0 Å². The molecule has 1 aromatic rings. The molecular formula is C20H32N4O3. The summed E-state index contributed by atoms with van der Waals surface area (Å²) < 4.78 is 10.6. The smallest absolute Gasteiger partial charge is 0.217 e. The molecule has 1 fully saturated rings. The minimum Gasteiger partial charge on any atom is -0.491 e. The Morgan fingerprint density at radius 3 is 2.78 bits per heavy atom. The van der Waals surface area contributed by atoms with Crippen molar-refractivity contribution in [3.05, 3.63) is 29.8 Å². The van der Waals surface area contributed by atoms with Gasteiger partial charge in [-0.25, -0.2) is 4.99 Å². The summed E-state index contributed by atoms with van der Waals surface area (Å²) in [4.78, 5) is 18.3. The number of aliphatic imine (C=N–C) groups is 1. The van der Waals surface area contributed by atoms with Gasteiger partial charge in [0, 0.05) is 33.2 Å². The first-order valence-electron chi connectivity index (χ1n) is 9.64. The predicted molar refractivity (Wildman–Crippen MR) is 107 cm³/mol. The topological polar surface area (TPSA) is 89.2 Å². The Morgan fingerprint density at radius 2 is 2.11 bits per heavy atom. The number of ether oxygens (including phenoxy) is 2. The van der Waals surface area contributed by atoms with Crippen molar-refractivity contribution >= 4 is 11.9 Å². The Hall–Kier alpha value is -2.28. The maximum Gasteiger partial charge on any atom is 0.217 e. The molecule has 1 aromatic carbocycles. The number of carbonyl (C=O) groups excluding carboxylic acids is 1. The van der Waals surface area contributed by atoms with Crippen LogP contribution in [0.5, 0.6) is 5.75 Å². The molecule has 1 atom stereocenters. The summed E-state index contributed by atoms with van der Waals surface area (Å²) in [6, 6.07) is 7.97. The van der Waals surface area contributed by atoms with Gasteiger partial charge in [-0.15, -0.1) is 0 Å². The average Bonchev–Trinajstić information content (AvgIpc) is 2.66. The number of nitrogens with one attached hydrogen (secondary N) is 1. The monoisotopic (exact) mass is 376 g/mol. The van der Waals surface area contributed by atoms with E-state index in [9.17, 15) is 4.79 Å². The summed E-state index contributed by atoms with van der Waals surface area (Å²) >= 11 is 0. The number of hydrogen-bond acceptors (Lipinski definition) is 4. The van der Waals surface area contributed by atoms with Gasteiger partial charge in [-0.1, -0.05) is 12.1 Å². The van der Waals surface area contributed by atoms with Crippen LogP contribution in [-0.2, 0) is 16.1 Å². The van der Waals surface area contributed by atoms with E-state index in [1.807, 2.05) is 24.3 Å². The van der Waals surface area contributed by atoms with E-state index in [-0.39, 0.29) is 5.91 Å². The predicted octanol–water partition coefficient (Wildman–Crippen LogP) is 1.76. The third-order valence-electron chi connectivity index (χ3n) is 4.53. The number of piperidine rings is 1. The lowest BCUT2D eigenvalue weighted by Crippen LogP contribution is -2.47. The number of benzene rings is 1. The van der Waals surface area contributed by atoms with Crippen molar-refractivity contribution in [2.45, 2.75) is 32.7 Å². The molecule has 7 nitrogen and oxygen atoms in total. The molecule has 0 bridgehead atoms. The third-order valence-corrected chi connectivity index (χ3v) is 4.53. The molecule has 27 heavy (non-hydrogen) atoms. The van der Waals surface area contributed by atoms with Crippen LogP contribution in [-0.4, -0.2) is 56.7 Å². The Morgan fingerprint density at radius 1 is 1.33 bits per heavy atom. The van der Waals surface area contributed by atoms with E-state index in [4.69, 9.17) is 20.2 Å². The first-order valence-corrected chi connectivity index (χ1v) is 9.64. The summed E-state index contributed by atoms with van der Waals surface area (Å²) in [5.74, 6) is 1.81. The minimum absolute atomic E-state index is 0.225. The highest BCUT2D eigenvalue weighted by atomic mass is 16.5. The zero-order valence-corrected chi connectivity index (χ0v) is 16.4. The van der Waals surface area contributed by atoms with Crippen molar-refractivity contribution in [3.63, 3.8) is 0 Å². The van der Waals surface area contributed by atoms with Gasteiger partial charge in [-0.3, -0.25) is 4.79 Å². The molecule has 1 unspecified atom stereocenters. The van der Waals surface area contributed by atoms with Crippen LogP contribution >= 0.6 is 0 Å². The van der Waals surface area contributed by atoms with Crippen molar-refractivity contribution in [1.82, 2.24) is 10.2 Å². The largest absolute Gasteiger partial charge is 0.491 e. The number of guanidine groups is 1. The number of nitrogens with zero attached hydrogens (tertiary/aromatic N) is 2. The zero-order chi connectivity index (χ0) is 19.5. The lowest BCUT2D eigenvalue weighted by atomic mass is 9.95. The number of primary amides is 1. The van der Waals surface area contributed by atoms with Crippen LogP contribution in [0.3, 0.4) is 0 Å². The number of likely N-dealkylation sites (tertiary alicyclic amines) is 1. The van der Waals surface area contributed by atoms with Crippen LogP contribution in [0.1, 0.15) is 31.7 Å². The van der Waals surface area contributed by atoms with Crippen LogP contribution in [0.15, 0.2) is 29.3 Å². The average molecular weight is 377 g/mol. The molecule has 1 heterocycles. The Bertz CT molecular complexity index is 604. The van der Waals surface area contributed by atoms with Gasteiger partial charge in [0.25, 0.3) is 0 Å². The SMILES string of the molecule is CCNC(=NCc1ccc(OCCOC)cc1)N1CCCC(CC(N)=O)C1. The van der Waals surface area contributed by atoms with E-state index in [0.717, 1.165) is 49.7 Å². The molecule has 1 aliphatic rings. The van der Waals surface area contributed by atoms with Crippen LogP contribution in [0.25, 0.3) is 0 Å². The van der Waals surface area contributed by atoms with Crippen molar-refractivity contribution in [3.8, 4) is 5.75 Å². The summed E-state index contributed by atoms with van der Waals surface area (Å²) in [5.41, 5.74) is 6.49. The fraction of sp³-hybridized carbons (Fsp3) is 0.600. The standard InChI is InChI=1S/C20H32N4O3/c1-3-22-20(24-10-4-5-17(15-24)13-19(21)25)23-14-16-6-8-18(9-7-16)27-12-11-26-2/h6-9,17H,3-5,10-15H2,1-2H3,(H2,21,25)(H,22,23). The second-order valence-corrected chi connectivity index (χ2v) is 6.78. The molecule has 1 saturated heterocycles. The summed E-state index contributed by atoms with van der Waals surface area (Å²) in [6.45, 7) is 6.35. The van der Waals surface area contributed by atoms with E-state index >= 15 is 0 Å². The highest BCUT2D eigenvalue weighted by molar-refractivity contribution is 5.80. The van der Waals surface area contributed by atoms with Crippen LogP contribution in [0.4, 0.5) is 0 Å². The summed E-state index contributed by atoms with van der Waals surface area (Å²) in [6.07, 6.45) is 2.54. The second-order valence-electron chi connectivity index (χ2n) is 6.78. The van der Waals surface area contributed by atoms with Gasteiger partial charge in [0.2, 0.25) is 5.91 Å². The number of methoxy groups -OCH3 is 1. The van der Waals surface area contributed by atoms with Gasteiger partial charge in [0.05, 0.1) is 13.2 Å². The first kappa shape index (κ1) is 21.0. The van der Waals surface area contributed by atoms with Gasteiger partial charge in [-0.05, 0) is 43.4 Å². The second kappa shape index (κ2) is 11.4. The van der Waals surface area contributed by atoms with Crippen LogP contribution in [0, 0.1) is 5.92 Å². The van der Waals surface area contributed by atoms with Gasteiger partial charge < -0.3 is 25.4 Å². The van der Waals surface area contributed by atoms with Gasteiger partial charge >= 0.3 is 0 Å². The number of carbonyl (C=O) groups is 1. The first-order chi connectivity index (χ1) is 13.1. The van der Waals surface area contributed by atoms with E-state index in [2.05, 4.69) is 17.1 Å². The molecule has 0 aromatic heterocycles. The summed E-state index contributed by atoms with van der Waals surface area (Å²) in [7, 11) is 1.66. The van der Waals surface area contributed by atoms with Crippen molar-refractivity contribution in [2.75, 3.05) is 40.0 Å². The summed E-state index contributed by atoms with van der Waals surface area (Å²) in [5, 5.41) is 3.36. The van der Waals surface area contributed by atoms with Gasteiger partial charge in [0.15, 0.2) is 5.96 Å². The molecule has 0 radical (unpaired) electrons. The number of rotatable bonds is 9. The highest BCUT2D eigenvalue weighted by Gasteiger charge is 2.23. The fourth-order valence-electron chi connectivity index (χ4n) is 3.23.